The number of amides is 1. The Labute approximate surface area is 113 Å². The van der Waals surface area contributed by atoms with E-state index in [0.29, 0.717) is 0 Å². The highest BCUT2D eigenvalue weighted by Crippen LogP contribution is 2.21. The first-order chi connectivity index (χ1) is 8.68. The van der Waals surface area contributed by atoms with E-state index in [0.717, 1.165) is 18.4 Å². The van der Waals surface area contributed by atoms with E-state index in [-0.39, 0.29) is 16.9 Å². The number of hydrogen-bond donors (Lipinski definition) is 2. The molecule has 1 aromatic carbocycles. The van der Waals surface area contributed by atoms with Crippen molar-refractivity contribution in [3.05, 3.63) is 35.9 Å². The summed E-state index contributed by atoms with van der Waals surface area (Å²) in [6.45, 7) is 0. The fraction of sp³-hybridized carbons (Fsp3) is 0.429. The largest absolute Gasteiger partial charge is 0.392 e. The molecule has 4 heteroatoms. The number of carbonyl (C=O) groups is 1. The Balaban J connectivity index is 2.10. The molecule has 18 heavy (non-hydrogen) atoms. The summed E-state index contributed by atoms with van der Waals surface area (Å²) >= 11 is 5.03. The zero-order chi connectivity index (χ0) is 13.0. The normalized spacial score (nSPS) is 17.3. The monoisotopic (exact) mass is 262 g/mol. The Morgan fingerprint density at radius 3 is 2.44 bits per heavy atom. The Hall–Kier alpha value is -1.42. The highest BCUT2D eigenvalue weighted by molar-refractivity contribution is 7.80. The van der Waals surface area contributed by atoms with Gasteiger partial charge in [0.25, 0.3) is 0 Å². The van der Waals surface area contributed by atoms with Gasteiger partial charge in [0.15, 0.2) is 0 Å². The number of benzene rings is 1. The highest BCUT2D eigenvalue weighted by Gasteiger charge is 2.26. The highest BCUT2D eigenvalue weighted by atomic mass is 32.1. The van der Waals surface area contributed by atoms with Crippen LogP contribution < -0.4 is 11.1 Å². The lowest BCUT2D eigenvalue weighted by atomic mass is 9.98. The van der Waals surface area contributed by atoms with E-state index >= 15 is 0 Å². The van der Waals surface area contributed by atoms with Crippen LogP contribution in [0.5, 0.6) is 0 Å². The zero-order valence-electron chi connectivity index (χ0n) is 10.3. The lowest BCUT2D eigenvalue weighted by molar-refractivity contribution is -0.121. The molecular formula is C14H18N2OS. The van der Waals surface area contributed by atoms with Crippen LogP contribution in [-0.4, -0.2) is 16.9 Å². The van der Waals surface area contributed by atoms with Gasteiger partial charge in [0.2, 0.25) is 5.91 Å². The van der Waals surface area contributed by atoms with Crippen molar-refractivity contribution in [2.75, 3.05) is 0 Å². The van der Waals surface area contributed by atoms with Crippen LogP contribution >= 0.6 is 12.2 Å². The van der Waals surface area contributed by atoms with E-state index in [2.05, 4.69) is 5.32 Å². The Morgan fingerprint density at radius 2 is 1.89 bits per heavy atom. The first kappa shape index (κ1) is 13.0. The quantitative estimate of drug-likeness (QED) is 0.817. The minimum absolute atomic E-state index is 0.0689. The molecule has 1 aromatic rings. The van der Waals surface area contributed by atoms with E-state index in [1.165, 1.54) is 12.8 Å². The maximum atomic E-state index is 12.3. The van der Waals surface area contributed by atoms with Crippen molar-refractivity contribution >= 4 is 23.1 Å². The minimum Gasteiger partial charge on any atom is -0.392 e. The Morgan fingerprint density at radius 1 is 1.28 bits per heavy atom. The second kappa shape index (κ2) is 5.96. The summed E-state index contributed by atoms with van der Waals surface area (Å²) in [5.74, 6) is -0.581. The molecule has 2 rings (SSSR count). The van der Waals surface area contributed by atoms with E-state index < -0.39 is 5.92 Å². The summed E-state index contributed by atoms with van der Waals surface area (Å²) in [6.07, 6.45) is 4.50. The number of nitrogens with one attached hydrogen (secondary N) is 1. The summed E-state index contributed by atoms with van der Waals surface area (Å²) < 4.78 is 0. The summed E-state index contributed by atoms with van der Waals surface area (Å²) in [5, 5.41) is 3.05. The predicted molar refractivity (Wildman–Crippen MR) is 76.4 cm³/mol. The van der Waals surface area contributed by atoms with Gasteiger partial charge in [-0.1, -0.05) is 55.4 Å². The molecule has 0 heterocycles. The van der Waals surface area contributed by atoms with Gasteiger partial charge in [0.1, 0.15) is 5.92 Å². The summed E-state index contributed by atoms with van der Waals surface area (Å²) in [7, 11) is 0. The van der Waals surface area contributed by atoms with Crippen molar-refractivity contribution in [1.82, 2.24) is 5.32 Å². The van der Waals surface area contributed by atoms with Crippen LogP contribution in [0.15, 0.2) is 30.3 Å². The molecule has 1 saturated carbocycles. The molecule has 1 atom stereocenters. The van der Waals surface area contributed by atoms with Gasteiger partial charge in [-0.05, 0) is 18.4 Å². The van der Waals surface area contributed by atoms with Gasteiger partial charge in [-0.15, -0.1) is 0 Å². The topological polar surface area (TPSA) is 55.1 Å². The fourth-order valence-corrected chi connectivity index (χ4v) is 2.69. The van der Waals surface area contributed by atoms with E-state index in [1.54, 1.807) is 0 Å². The lowest BCUT2D eigenvalue weighted by Gasteiger charge is -2.19. The van der Waals surface area contributed by atoms with Crippen LogP contribution in [0.1, 0.15) is 37.2 Å². The fourth-order valence-electron chi connectivity index (χ4n) is 2.45. The predicted octanol–water partition coefficient (Wildman–Crippen LogP) is 2.12. The van der Waals surface area contributed by atoms with Crippen molar-refractivity contribution < 1.29 is 4.79 Å². The Kier molecular flexibility index (Phi) is 4.31. The van der Waals surface area contributed by atoms with Crippen molar-refractivity contribution in [2.45, 2.75) is 37.6 Å². The molecule has 0 radical (unpaired) electrons. The molecule has 1 amide bonds. The van der Waals surface area contributed by atoms with Crippen LogP contribution in [-0.2, 0) is 4.79 Å². The first-order valence-electron chi connectivity index (χ1n) is 6.33. The molecule has 0 aromatic heterocycles. The van der Waals surface area contributed by atoms with Gasteiger partial charge in [-0.25, -0.2) is 0 Å². The molecule has 1 unspecified atom stereocenters. The summed E-state index contributed by atoms with van der Waals surface area (Å²) in [4.78, 5) is 12.5. The third kappa shape index (κ3) is 3.07. The molecule has 1 fully saturated rings. The van der Waals surface area contributed by atoms with Crippen molar-refractivity contribution in [3.63, 3.8) is 0 Å². The Bertz CT molecular complexity index is 427. The van der Waals surface area contributed by atoms with Crippen LogP contribution in [0.4, 0.5) is 0 Å². The van der Waals surface area contributed by atoms with Gasteiger partial charge in [-0.3, -0.25) is 4.79 Å². The van der Waals surface area contributed by atoms with Crippen LogP contribution in [0.25, 0.3) is 0 Å². The van der Waals surface area contributed by atoms with Gasteiger partial charge in [-0.2, -0.15) is 0 Å². The summed E-state index contributed by atoms with van der Waals surface area (Å²) in [5.41, 5.74) is 6.58. The molecule has 0 spiro atoms. The molecule has 1 aliphatic carbocycles. The molecule has 0 bridgehead atoms. The third-order valence-electron chi connectivity index (χ3n) is 3.38. The second-order valence-corrected chi connectivity index (χ2v) is 5.21. The zero-order valence-corrected chi connectivity index (χ0v) is 11.1. The van der Waals surface area contributed by atoms with Crippen LogP contribution in [0.3, 0.4) is 0 Å². The number of hydrogen-bond acceptors (Lipinski definition) is 2. The number of rotatable bonds is 4. The molecule has 3 N–H and O–H groups in total. The summed E-state index contributed by atoms with van der Waals surface area (Å²) in [6, 6.07) is 9.76. The number of thiocarbonyl (C=S) groups is 1. The van der Waals surface area contributed by atoms with Gasteiger partial charge in [0, 0.05) is 6.04 Å². The maximum absolute atomic E-state index is 12.3. The molecule has 0 saturated heterocycles. The van der Waals surface area contributed by atoms with Gasteiger partial charge >= 0.3 is 0 Å². The maximum Gasteiger partial charge on any atom is 0.234 e. The average molecular weight is 262 g/mol. The van der Waals surface area contributed by atoms with E-state index in [1.807, 2.05) is 30.3 Å². The SMILES string of the molecule is NC(=S)C(C(=O)NC1CCCC1)c1ccccc1. The standard InChI is InChI=1S/C14H18N2OS/c15-13(18)12(10-6-2-1-3-7-10)14(17)16-11-8-4-5-9-11/h1-3,6-7,11-12H,4-5,8-9H2,(H2,15,18)(H,16,17). The lowest BCUT2D eigenvalue weighted by Crippen LogP contribution is -2.40. The van der Waals surface area contributed by atoms with Gasteiger partial charge in [0.05, 0.1) is 4.99 Å². The molecule has 1 aliphatic rings. The second-order valence-electron chi connectivity index (χ2n) is 4.74. The van der Waals surface area contributed by atoms with Crippen molar-refractivity contribution in [3.8, 4) is 0 Å². The third-order valence-corrected chi connectivity index (χ3v) is 3.62. The molecule has 3 nitrogen and oxygen atoms in total. The molecular weight excluding hydrogens is 244 g/mol. The molecule has 96 valence electrons. The van der Waals surface area contributed by atoms with Crippen LogP contribution in [0, 0.1) is 0 Å². The van der Waals surface area contributed by atoms with Crippen molar-refractivity contribution in [1.29, 1.82) is 0 Å². The van der Waals surface area contributed by atoms with E-state index in [9.17, 15) is 4.79 Å². The van der Waals surface area contributed by atoms with E-state index in [4.69, 9.17) is 18.0 Å². The minimum atomic E-state index is -0.512. The number of nitrogens with two attached hydrogens (primary N) is 1. The average Bonchev–Trinajstić information content (AvgIpc) is 2.83. The number of carbonyl (C=O) groups excluding carboxylic acids is 1. The van der Waals surface area contributed by atoms with Gasteiger partial charge < -0.3 is 11.1 Å². The smallest absolute Gasteiger partial charge is 0.234 e. The first-order valence-corrected chi connectivity index (χ1v) is 6.74. The molecule has 0 aliphatic heterocycles. The van der Waals surface area contributed by atoms with Crippen LogP contribution in [0.2, 0.25) is 0 Å². The van der Waals surface area contributed by atoms with Crippen molar-refractivity contribution in [2.24, 2.45) is 5.73 Å².